The molecule has 1 aromatic heterocycles. The van der Waals surface area contributed by atoms with Crippen LogP contribution in [0.3, 0.4) is 0 Å². The monoisotopic (exact) mass is 209 g/mol. The van der Waals surface area contributed by atoms with Crippen molar-refractivity contribution in [3.8, 4) is 0 Å². The van der Waals surface area contributed by atoms with E-state index in [4.69, 9.17) is 0 Å². The summed E-state index contributed by atoms with van der Waals surface area (Å²) in [6.45, 7) is 3.07. The maximum absolute atomic E-state index is 10.5. The molecular weight excluding hydrogens is 190 g/mol. The van der Waals surface area contributed by atoms with Crippen LogP contribution in [-0.4, -0.2) is 39.4 Å². The summed E-state index contributed by atoms with van der Waals surface area (Å²) in [7, 11) is 3.98. The van der Waals surface area contributed by atoms with Crippen LogP contribution in [0, 0.1) is 0 Å². The van der Waals surface area contributed by atoms with E-state index < -0.39 is 5.60 Å². The van der Waals surface area contributed by atoms with Crippen LogP contribution in [0.4, 0.5) is 0 Å². The van der Waals surface area contributed by atoms with Gasteiger partial charge in [0, 0.05) is 25.8 Å². The average Bonchev–Trinajstić information content (AvgIpc) is 2.60. The molecule has 0 saturated carbocycles. The number of likely N-dealkylation sites (tertiary alicyclic amines) is 1. The van der Waals surface area contributed by atoms with Crippen LogP contribution in [-0.2, 0) is 12.6 Å². The predicted molar refractivity (Wildman–Crippen MR) is 58.4 cm³/mol. The van der Waals surface area contributed by atoms with Crippen molar-refractivity contribution in [3.63, 3.8) is 0 Å². The highest BCUT2D eigenvalue weighted by Crippen LogP contribution is 2.33. The second-order valence-corrected chi connectivity index (χ2v) is 4.69. The maximum Gasteiger partial charge on any atom is 0.111 e. The average molecular weight is 209 g/mol. The second kappa shape index (κ2) is 3.61. The quantitative estimate of drug-likeness (QED) is 0.741. The predicted octanol–water partition coefficient (Wildman–Crippen LogP) is 0.722. The molecule has 2 rings (SSSR count). The molecule has 2 atom stereocenters. The summed E-state index contributed by atoms with van der Waals surface area (Å²) in [6.07, 6.45) is 3.42. The second-order valence-electron chi connectivity index (χ2n) is 4.69. The number of aliphatic hydroxyl groups is 1. The Hall–Kier alpha value is -0.870. The molecule has 1 fully saturated rings. The fraction of sp³-hybridized carbons (Fsp3) is 0.727. The molecule has 84 valence electrons. The zero-order chi connectivity index (χ0) is 11.1. The van der Waals surface area contributed by atoms with E-state index in [1.807, 2.05) is 19.3 Å². The number of piperidine rings is 1. The first-order chi connectivity index (χ1) is 7.01. The Bertz CT molecular complexity index is 349. The molecule has 1 aliphatic rings. The normalized spacial score (nSPS) is 33.2. The van der Waals surface area contributed by atoms with E-state index in [1.165, 1.54) is 0 Å². The first kappa shape index (κ1) is 10.6. The van der Waals surface area contributed by atoms with Gasteiger partial charge in [0.2, 0.25) is 0 Å². The van der Waals surface area contributed by atoms with E-state index in [-0.39, 0.29) is 0 Å². The van der Waals surface area contributed by atoms with Crippen LogP contribution in [0.25, 0.3) is 0 Å². The largest absolute Gasteiger partial charge is 0.383 e. The SMILES string of the molecule is CC1CC(O)(c2ccn(C)n2)CCN1C. The summed E-state index contributed by atoms with van der Waals surface area (Å²) in [5, 5.41) is 14.9. The molecule has 4 nitrogen and oxygen atoms in total. The minimum absolute atomic E-state index is 0.408. The topological polar surface area (TPSA) is 41.3 Å². The number of aromatic nitrogens is 2. The number of hydrogen-bond acceptors (Lipinski definition) is 3. The van der Waals surface area contributed by atoms with Crippen molar-refractivity contribution in [3.05, 3.63) is 18.0 Å². The Balaban J connectivity index is 2.20. The molecule has 2 unspecified atom stereocenters. The molecule has 0 amide bonds. The highest BCUT2D eigenvalue weighted by atomic mass is 16.3. The third-order valence-corrected chi connectivity index (χ3v) is 3.45. The van der Waals surface area contributed by atoms with Gasteiger partial charge in [-0.15, -0.1) is 0 Å². The van der Waals surface area contributed by atoms with Crippen molar-refractivity contribution in [1.82, 2.24) is 14.7 Å². The molecular formula is C11H19N3O. The van der Waals surface area contributed by atoms with Crippen LogP contribution in [0.5, 0.6) is 0 Å². The lowest BCUT2D eigenvalue weighted by atomic mass is 9.85. The molecule has 1 N–H and O–H groups in total. The van der Waals surface area contributed by atoms with Crippen molar-refractivity contribution in [1.29, 1.82) is 0 Å². The molecule has 4 heteroatoms. The minimum Gasteiger partial charge on any atom is -0.383 e. The van der Waals surface area contributed by atoms with E-state index in [9.17, 15) is 5.11 Å². The van der Waals surface area contributed by atoms with Gasteiger partial charge < -0.3 is 10.0 Å². The van der Waals surface area contributed by atoms with Gasteiger partial charge in [0.1, 0.15) is 5.60 Å². The van der Waals surface area contributed by atoms with Gasteiger partial charge in [-0.25, -0.2) is 0 Å². The Morgan fingerprint density at radius 1 is 1.53 bits per heavy atom. The van der Waals surface area contributed by atoms with Crippen LogP contribution in [0.15, 0.2) is 12.3 Å². The van der Waals surface area contributed by atoms with Crippen LogP contribution >= 0.6 is 0 Å². The summed E-state index contributed by atoms with van der Waals surface area (Å²) in [5.41, 5.74) is 0.0812. The zero-order valence-corrected chi connectivity index (χ0v) is 9.64. The van der Waals surface area contributed by atoms with E-state index in [2.05, 4.69) is 24.0 Å². The van der Waals surface area contributed by atoms with Crippen molar-refractivity contribution in [2.75, 3.05) is 13.6 Å². The first-order valence-corrected chi connectivity index (χ1v) is 5.44. The Morgan fingerprint density at radius 2 is 2.27 bits per heavy atom. The summed E-state index contributed by atoms with van der Waals surface area (Å²) in [6, 6.07) is 2.32. The van der Waals surface area contributed by atoms with Crippen molar-refractivity contribution in [2.45, 2.75) is 31.4 Å². The number of aryl methyl sites for hydroxylation is 1. The molecule has 1 aromatic rings. The van der Waals surface area contributed by atoms with Gasteiger partial charge in [0.25, 0.3) is 0 Å². The van der Waals surface area contributed by atoms with Gasteiger partial charge in [0.05, 0.1) is 5.69 Å². The molecule has 0 spiro atoms. The smallest absolute Gasteiger partial charge is 0.111 e. The maximum atomic E-state index is 10.5. The molecule has 1 aliphatic heterocycles. The summed E-state index contributed by atoms with van der Waals surface area (Å²) in [5.74, 6) is 0. The minimum atomic E-state index is -0.729. The molecule has 0 aliphatic carbocycles. The first-order valence-electron chi connectivity index (χ1n) is 5.44. The van der Waals surface area contributed by atoms with Crippen molar-refractivity contribution in [2.24, 2.45) is 7.05 Å². The lowest BCUT2D eigenvalue weighted by molar-refractivity contribution is -0.0443. The molecule has 0 aromatic carbocycles. The summed E-state index contributed by atoms with van der Waals surface area (Å²) in [4.78, 5) is 2.28. The molecule has 0 bridgehead atoms. The van der Waals surface area contributed by atoms with Gasteiger partial charge in [-0.1, -0.05) is 0 Å². The van der Waals surface area contributed by atoms with Crippen LogP contribution in [0.1, 0.15) is 25.5 Å². The molecule has 15 heavy (non-hydrogen) atoms. The standard InChI is InChI=1S/C11H19N3O/c1-9-8-11(15,5-7-13(9)2)10-4-6-14(3)12-10/h4,6,9,15H,5,7-8H2,1-3H3. The number of rotatable bonds is 1. The van der Waals surface area contributed by atoms with E-state index >= 15 is 0 Å². The third-order valence-electron chi connectivity index (χ3n) is 3.45. The van der Waals surface area contributed by atoms with Crippen LogP contribution in [0.2, 0.25) is 0 Å². The Labute approximate surface area is 90.5 Å². The zero-order valence-electron chi connectivity index (χ0n) is 9.64. The molecule has 0 radical (unpaired) electrons. The molecule has 2 heterocycles. The van der Waals surface area contributed by atoms with Gasteiger partial charge in [-0.3, -0.25) is 4.68 Å². The van der Waals surface area contributed by atoms with Gasteiger partial charge >= 0.3 is 0 Å². The lowest BCUT2D eigenvalue weighted by Gasteiger charge is -2.40. The van der Waals surface area contributed by atoms with Crippen molar-refractivity contribution >= 4 is 0 Å². The van der Waals surface area contributed by atoms with E-state index in [0.717, 1.165) is 25.1 Å². The fourth-order valence-corrected chi connectivity index (χ4v) is 2.22. The fourth-order valence-electron chi connectivity index (χ4n) is 2.22. The number of hydrogen-bond donors (Lipinski definition) is 1. The highest BCUT2D eigenvalue weighted by molar-refractivity contribution is 5.12. The highest BCUT2D eigenvalue weighted by Gasteiger charge is 2.38. The Kier molecular flexibility index (Phi) is 2.56. The summed E-state index contributed by atoms with van der Waals surface area (Å²) < 4.78 is 1.75. The summed E-state index contributed by atoms with van der Waals surface area (Å²) >= 11 is 0. The third kappa shape index (κ3) is 1.92. The number of nitrogens with zero attached hydrogens (tertiary/aromatic N) is 3. The van der Waals surface area contributed by atoms with Gasteiger partial charge in [0.15, 0.2) is 0 Å². The van der Waals surface area contributed by atoms with Crippen molar-refractivity contribution < 1.29 is 5.11 Å². The Morgan fingerprint density at radius 3 is 2.80 bits per heavy atom. The molecule has 1 saturated heterocycles. The van der Waals surface area contributed by atoms with E-state index in [1.54, 1.807) is 4.68 Å². The van der Waals surface area contributed by atoms with Gasteiger partial charge in [-0.2, -0.15) is 5.10 Å². The van der Waals surface area contributed by atoms with E-state index in [0.29, 0.717) is 6.04 Å². The lowest BCUT2D eigenvalue weighted by Crippen LogP contribution is -2.46. The van der Waals surface area contributed by atoms with Crippen LogP contribution < -0.4 is 0 Å². The van der Waals surface area contributed by atoms with Gasteiger partial charge in [-0.05, 0) is 32.9 Å².